The lowest BCUT2D eigenvalue weighted by Gasteiger charge is -2.59. The van der Waals surface area contributed by atoms with E-state index >= 15 is 0 Å². The van der Waals surface area contributed by atoms with Gasteiger partial charge in [-0.25, -0.2) is 0 Å². The van der Waals surface area contributed by atoms with Gasteiger partial charge in [-0.05, 0) is 94.5 Å². The number of allylic oxidation sites excluding steroid dienone is 1. The summed E-state index contributed by atoms with van der Waals surface area (Å²) in [6, 6.07) is 0. The minimum Gasteiger partial charge on any atom is -0.344 e. The van der Waals surface area contributed by atoms with E-state index in [1.165, 1.54) is 31.3 Å². The molecule has 1 heterocycles. The summed E-state index contributed by atoms with van der Waals surface area (Å²) < 4.78 is 13.3. The summed E-state index contributed by atoms with van der Waals surface area (Å²) in [5.74, 6) is 2.14. The number of carbonyl (C=O) groups excluding carboxylic acids is 1. The topological polar surface area (TPSA) is 35.5 Å². The third-order valence-corrected chi connectivity index (χ3v) is 9.89. The fraction of sp³-hybridized carbons (Fsp3) is 0.880. The Hall–Kier alpha value is -0.670. The summed E-state index contributed by atoms with van der Waals surface area (Å²) in [5, 5.41) is 0. The average molecular weight is 387 g/mol. The summed E-state index contributed by atoms with van der Waals surface area (Å²) in [6.07, 6.45) is 12.4. The number of ether oxygens (including phenoxy) is 2. The standard InChI is InChI=1S/C25H38O3/c1-6-21-25(28-22(2,3)27-21)14-11-20-18-8-7-16-15-17(26)9-12-23(16,4)19(18)10-13-24(20,25)5/h15,18-21H,6-14H2,1-5H3. The van der Waals surface area contributed by atoms with Crippen molar-refractivity contribution in [3.05, 3.63) is 11.6 Å². The van der Waals surface area contributed by atoms with Crippen molar-refractivity contribution < 1.29 is 14.3 Å². The van der Waals surface area contributed by atoms with Crippen LogP contribution in [0.3, 0.4) is 0 Å². The maximum atomic E-state index is 12.0. The number of fused-ring (bicyclic) bond motifs is 6. The van der Waals surface area contributed by atoms with Gasteiger partial charge >= 0.3 is 0 Å². The number of hydrogen-bond donors (Lipinski definition) is 0. The zero-order valence-corrected chi connectivity index (χ0v) is 18.5. The molecule has 4 aliphatic carbocycles. The number of carbonyl (C=O) groups is 1. The molecule has 28 heavy (non-hydrogen) atoms. The van der Waals surface area contributed by atoms with Crippen LogP contribution in [0.25, 0.3) is 0 Å². The highest BCUT2D eigenvalue weighted by atomic mass is 16.8. The lowest BCUT2D eigenvalue weighted by Crippen LogP contribution is -2.58. The zero-order chi connectivity index (χ0) is 19.9. The molecule has 0 aromatic carbocycles. The monoisotopic (exact) mass is 386 g/mol. The molecule has 0 aromatic heterocycles. The molecule has 0 aromatic rings. The molecule has 0 radical (unpaired) electrons. The molecule has 1 spiro atoms. The van der Waals surface area contributed by atoms with E-state index in [-0.39, 0.29) is 22.5 Å². The van der Waals surface area contributed by atoms with Crippen molar-refractivity contribution in [3.8, 4) is 0 Å². The first-order chi connectivity index (χ1) is 13.2. The second kappa shape index (κ2) is 5.94. The quantitative estimate of drug-likeness (QED) is 0.570. The van der Waals surface area contributed by atoms with Crippen LogP contribution in [0, 0.1) is 28.6 Å². The Kier molecular flexibility index (Phi) is 4.09. The Bertz CT molecular complexity index is 723. The van der Waals surface area contributed by atoms with Gasteiger partial charge < -0.3 is 9.47 Å². The van der Waals surface area contributed by atoms with Crippen molar-refractivity contribution in [2.45, 2.75) is 110 Å². The van der Waals surface area contributed by atoms with Crippen molar-refractivity contribution in [2.24, 2.45) is 28.6 Å². The predicted molar refractivity (Wildman–Crippen MR) is 110 cm³/mol. The number of rotatable bonds is 1. The van der Waals surface area contributed by atoms with Gasteiger partial charge in [0.05, 0.1) is 6.10 Å². The van der Waals surface area contributed by atoms with Gasteiger partial charge in [0, 0.05) is 11.8 Å². The van der Waals surface area contributed by atoms with E-state index in [1.54, 1.807) is 0 Å². The zero-order valence-electron chi connectivity index (χ0n) is 18.5. The Labute approximate surface area is 170 Å². The molecule has 0 N–H and O–H groups in total. The van der Waals surface area contributed by atoms with Crippen LogP contribution in [0.1, 0.15) is 92.4 Å². The fourth-order valence-electron chi connectivity index (χ4n) is 8.67. The van der Waals surface area contributed by atoms with Gasteiger partial charge in [-0.2, -0.15) is 0 Å². The average Bonchev–Trinajstić information content (AvgIpc) is 3.09. The lowest BCUT2D eigenvalue weighted by atomic mass is 9.46. The van der Waals surface area contributed by atoms with Gasteiger partial charge in [0.2, 0.25) is 0 Å². The maximum Gasteiger partial charge on any atom is 0.164 e. The molecule has 3 nitrogen and oxygen atoms in total. The first kappa shape index (κ1) is 19.3. The van der Waals surface area contributed by atoms with Crippen LogP contribution in [-0.2, 0) is 14.3 Å². The molecule has 5 rings (SSSR count). The molecule has 0 bridgehead atoms. The smallest absolute Gasteiger partial charge is 0.164 e. The third-order valence-electron chi connectivity index (χ3n) is 9.89. The van der Waals surface area contributed by atoms with Gasteiger partial charge in [-0.3, -0.25) is 4.79 Å². The Balaban J connectivity index is 1.50. The van der Waals surface area contributed by atoms with Crippen molar-refractivity contribution in [2.75, 3.05) is 0 Å². The summed E-state index contributed by atoms with van der Waals surface area (Å²) in [6.45, 7) is 11.5. The van der Waals surface area contributed by atoms with Gasteiger partial charge in [-0.15, -0.1) is 0 Å². The number of hydrogen-bond acceptors (Lipinski definition) is 3. The summed E-state index contributed by atoms with van der Waals surface area (Å²) in [4.78, 5) is 12.0. The molecule has 5 aliphatic rings. The Morgan fingerprint density at radius 2 is 1.75 bits per heavy atom. The fourth-order valence-corrected chi connectivity index (χ4v) is 8.67. The summed E-state index contributed by atoms with van der Waals surface area (Å²) >= 11 is 0. The van der Waals surface area contributed by atoms with Crippen LogP contribution in [0.5, 0.6) is 0 Å². The largest absolute Gasteiger partial charge is 0.344 e. The van der Waals surface area contributed by atoms with E-state index < -0.39 is 5.79 Å². The van der Waals surface area contributed by atoms with E-state index in [1.807, 2.05) is 6.08 Å². The molecule has 1 saturated heterocycles. The van der Waals surface area contributed by atoms with E-state index in [9.17, 15) is 4.79 Å². The second-order valence-corrected chi connectivity index (χ2v) is 11.4. The lowest BCUT2D eigenvalue weighted by molar-refractivity contribution is -0.198. The van der Waals surface area contributed by atoms with E-state index in [4.69, 9.17) is 9.47 Å². The van der Waals surface area contributed by atoms with Gasteiger partial charge in [0.1, 0.15) is 5.60 Å². The molecular weight excluding hydrogens is 348 g/mol. The first-order valence-corrected chi connectivity index (χ1v) is 11.8. The second-order valence-electron chi connectivity index (χ2n) is 11.4. The molecule has 3 saturated carbocycles. The van der Waals surface area contributed by atoms with Crippen LogP contribution in [0.2, 0.25) is 0 Å². The summed E-state index contributed by atoms with van der Waals surface area (Å²) in [5.41, 5.74) is 1.82. The van der Waals surface area contributed by atoms with E-state index in [0.717, 1.165) is 49.9 Å². The Morgan fingerprint density at radius 1 is 1.00 bits per heavy atom. The third kappa shape index (κ3) is 2.32. The van der Waals surface area contributed by atoms with E-state index in [2.05, 4.69) is 34.6 Å². The minimum absolute atomic E-state index is 0.111. The van der Waals surface area contributed by atoms with Gasteiger partial charge in [0.15, 0.2) is 11.6 Å². The molecule has 4 fully saturated rings. The van der Waals surface area contributed by atoms with Gasteiger partial charge in [0.25, 0.3) is 0 Å². The van der Waals surface area contributed by atoms with E-state index in [0.29, 0.717) is 5.78 Å². The molecule has 7 atom stereocenters. The van der Waals surface area contributed by atoms with Crippen molar-refractivity contribution in [1.82, 2.24) is 0 Å². The van der Waals surface area contributed by atoms with Crippen molar-refractivity contribution >= 4 is 5.78 Å². The van der Waals surface area contributed by atoms with Crippen LogP contribution < -0.4 is 0 Å². The molecule has 156 valence electrons. The number of ketones is 1. The molecular formula is C25H38O3. The molecule has 1 aliphatic heterocycles. The van der Waals surface area contributed by atoms with Gasteiger partial charge in [-0.1, -0.05) is 26.3 Å². The molecule has 7 unspecified atom stereocenters. The Morgan fingerprint density at radius 3 is 2.50 bits per heavy atom. The molecule has 3 heteroatoms. The van der Waals surface area contributed by atoms with Crippen LogP contribution in [-0.4, -0.2) is 23.3 Å². The SMILES string of the molecule is CCC1OC(C)(C)OC12CCC1C3CCC4=CC(=O)CCC4(C)C3CCC12C. The minimum atomic E-state index is -0.465. The van der Waals surface area contributed by atoms with Crippen LogP contribution in [0.4, 0.5) is 0 Å². The van der Waals surface area contributed by atoms with Crippen molar-refractivity contribution in [3.63, 3.8) is 0 Å². The summed E-state index contributed by atoms with van der Waals surface area (Å²) in [7, 11) is 0. The highest BCUT2D eigenvalue weighted by Crippen LogP contribution is 2.70. The highest BCUT2D eigenvalue weighted by molar-refractivity contribution is 5.91. The first-order valence-electron chi connectivity index (χ1n) is 11.8. The highest BCUT2D eigenvalue weighted by Gasteiger charge is 2.70. The maximum absolute atomic E-state index is 12.0. The van der Waals surface area contributed by atoms with Crippen LogP contribution >= 0.6 is 0 Å². The predicted octanol–water partition coefficient (Wildman–Crippen LogP) is 5.82. The normalized spacial score (nSPS) is 52.2. The molecule has 0 amide bonds. The van der Waals surface area contributed by atoms with Crippen LogP contribution in [0.15, 0.2) is 11.6 Å². The van der Waals surface area contributed by atoms with Crippen molar-refractivity contribution in [1.29, 1.82) is 0 Å².